The fourth-order valence-electron chi connectivity index (χ4n) is 3.75. The van der Waals surface area contributed by atoms with Gasteiger partial charge in [0, 0.05) is 10.7 Å². The molecule has 0 aromatic heterocycles. The Bertz CT molecular complexity index is 1470. The van der Waals surface area contributed by atoms with Crippen molar-refractivity contribution in [1.29, 1.82) is 0 Å². The van der Waals surface area contributed by atoms with Crippen LogP contribution >= 0.6 is 11.6 Å². The number of benzene rings is 3. The molecule has 3 aromatic rings. The zero-order valence-corrected chi connectivity index (χ0v) is 21.6. The lowest BCUT2D eigenvalue weighted by Gasteiger charge is -2.27. The van der Waals surface area contributed by atoms with Gasteiger partial charge in [0.15, 0.2) is 18.1 Å². The second kappa shape index (κ2) is 11.2. The van der Waals surface area contributed by atoms with E-state index in [2.05, 4.69) is 10.6 Å². The lowest BCUT2D eigenvalue weighted by Crippen LogP contribution is -2.54. The van der Waals surface area contributed by atoms with Crippen LogP contribution in [0.1, 0.15) is 16.7 Å². The standard InChI is InChI=1S/C28H24ClN3O6/c1-16-7-10-19(11-8-16)30-25(33)15-38-23-12-9-18(14-24(23)37-3)13-20-26(34)31-28(36)32(27(20)35)22-6-4-5-21(29)17(22)2/h4-14H,15H2,1-3H3,(H,30,33)(H,31,34,36)/b20-13+. The molecule has 0 radical (unpaired) electrons. The summed E-state index contributed by atoms with van der Waals surface area (Å²) in [6.45, 7) is 3.36. The van der Waals surface area contributed by atoms with Crippen LogP contribution in [0.2, 0.25) is 5.02 Å². The van der Waals surface area contributed by atoms with Gasteiger partial charge < -0.3 is 14.8 Å². The number of imide groups is 2. The summed E-state index contributed by atoms with van der Waals surface area (Å²) in [5, 5.41) is 5.30. The fourth-order valence-corrected chi connectivity index (χ4v) is 3.92. The van der Waals surface area contributed by atoms with Crippen LogP contribution in [0.15, 0.2) is 66.2 Å². The monoisotopic (exact) mass is 533 g/mol. The van der Waals surface area contributed by atoms with Crippen molar-refractivity contribution in [1.82, 2.24) is 5.32 Å². The van der Waals surface area contributed by atoms with E-state index in [0.717, 1.165) is 10.5 Å². The lowest BCUT2D eigenvalue weighted by molar-refractivity contribution is -0.122. The molecule has 1 aliphatic rings. The predicted molar refractivity (Wildman–Crippen MR) is 143 cm³/mol. The van der Waals surface area contributed by atoms with Crippen molar-refractivity contribution in [2.45, 2.75) is 13.8 Å². The minimum Gasteiger partial charge on any atom is -0.493 e. The number of hydrogen-bond acceptors (Lipinski definition) is 6. The Morgan fingerprint density at radius 1 is 1.03 bits per heavy atom. The van der Waals surface area contributed by atoms with E-state index in [1.807, 2.05) is 19.1 Å². The topological polar surface area (TPSA) is 114 Å². The predicted octanol–water partition coefficient (Wildman–Crippen LogP) is 4.65. The molecule has 0 bridgehead atoms. The van der Waals surface area contributed by atoms with Crippen LogP contribution in [-0.4, -0.2) is 37.5 Å². The van der Waals surface area contributed by atoms with Crippen molar-refractivity contribution in [3.05, 3.63) is 87.9 Å². The van der Waals surface area contributed by atoms with Crippen LogP contribution in [0.25, 0.3) is 6.08 Å². The maximum atomic E-state index is 13.2. The normalized spacial score (nSPS) is 14.4. The van der Waals surface area contributed by atoms with Crippen molar-refractivity contribution >= 4 is 52.8 Å². The van der Waals surface area contributed by atoms with E-state index >= 15 is 0 Å². The molecule has 194 valence electrons. The molecular weight excluding hydrogens is 510 g/mol. The SMILES string of the molecule is COc1cc(/C=C2\C(=O)NC(=O)N(c3cccc(Cl)c3C)C2=O)ccc1OCC(=O)Nc1ccc(C)cc1. The zero-order chi connectivity index (χ0) is 27.4. The number of amides is 5. The van der Waals surface area contributed by atoms with Crippen molar-refractivity contribution in [3.63, 3.8) is 0 Å². The van der Waals surface area contributed by atoms with Gasteiger partial charge in [0.2, 0.25) is 0 Å². The first-order chi connectivity index (χ1) is 18.2. The summed E-state index contributed by atoms with van der Waals surface area (Å²) in [7, 11) is 1.42. The zero-order valence-electron chi connectivity index (χ0n) is 20.8. The Kier molecular flexibility index (Phi) is 7.78. The number of carbonyl (C=O) groups excluding carboxylic acids is 4. The Morgan fingerprint density at radius 2 is 1.76 bits per heavy atom. The molecule has 0 saturated carbocycles. The maximum Gasteiger partial charge on any atom is 0.335 e. The molecule has 10 heteroatoms. The van der Waals surface area contributed by atoms with Gasteiger partial charge in [-0.05, 0) is 67.4 Å². The average Bonchev–Trinajstić information content (AvgIpc) is 2.89. The summed E-state index contributed by atoms with van der Waals surface area (Å²) in [5.74, 6) is -1.41. The molecule has 0 aliphatic carbocycles. The number of anilines is 2. The number of barbiturate groups is 1. The first kappa shape index (κ1) is 26.4. The number of methoxy groups -OCH3 is 1. The molecule has 3 aromatic carbocycles. The van der Waals surface area contributed by atoms with Crippen molar-refractivity contribution < 1.29 is 28.7 Å². The van der Waals surface area contributed by atoms with E-state index in [0.29, 0.717) is 27.6 Å². The molecule has 4 rings (SSSR count). The summed E-state index contributed by atoms with van der Waals surface area (Å²) in [5.41, 5.74) is 2.69. The molecule has 9 nitrogen and oxygen atoms in total. The highest BCUT2D eigenvalue weighted by Gasteiger charge is 2.37. The van der Waals surface area contributed by atoms with E-state index < -0.39 is 17.8 Å². The third-order valence-corrected chi connectivity index (χ3v) is 6.18. The number of halogens is 1. The minimum atomic E-state index is -0.868. The number of ether oxygens (including phenoxy) is 2. The van der Waals surface area contributed by atoms with E-state index in [1.165, 1.54) is 13.2 Å². The average molecular weight is 534 g/mol. The minimum absolute atomic E-state index is 0.253. The van der Waals surface area contributed by atoms with Gasteiger partial charge in [-0.15, -0.1) is 0 Å². The van der Waals surface area contributed by atoms with E-state index in [9.17, 15) is 19.2 Å². The second-order valence-electron chi connectivity index (χ2n) is 8.45. The van der Waals surface area contributed by atoms with Gasteiger partial charge in [-0.1, -0.05) is 41.4 Å². The van der Waals surface area contributed by atoms with Gasteiger partial charge in [0.1, 0.15) is 5.57 Å². The first-order valence-corrected chi connectivity index (χ1v) is 11.9. The number of urea groups is 1. The fraction of sp³-hybridized carbons (Fsp3) is 0.143. The van der Waals surface area contributed by atoms with Gasteiger partial charge in [-0.3, -0.25) is 19.7 Å². The molecule has 1 fully saturated rings. The molecule has 0 unspecified atom stereocenters. The summed E-state index contributed by atoms with van der Waals surface area (Å²) in [4.78, 5) is 51.4. The molecular formula is C28H24ClN3O6. The summed E-state index contributed by atoms with van der Waals surface area (Å²) >= 11 is 6.16. The van der Waals surface area contributed by atoms with Crippen LogP contribution in [0.4, 0.5) is 16.2 Å². The Labute approximate surface area is 224 Å². The van der Waals surface area contributed by atoms with Crippen molar-refractivity contribution in [2.75, 3.05) is 23.9 Å². The van der Waals surface area contributed by atoms with Crippen LogP contribution in [0.5, 0.6) is 11.5 Å². The number of carbonyl (C=O) groups is 4. The first-order valence-electron chi connectivity index (χ1n) is 11.5. The molecule has 1 saturated heterocycles. The quantitative estimate of drug-likeness (QED) is 0.337. The third kappa shape index (κ3) is 5.68. The number of nitrogens with zero attached hydrogens (tertiary/aromatic N) is 1. The Morgan fingerprint density at radius 3 is 2.47 bits per heavy atom. The van der Waals surface area contributed by atoms with Gasteiger partial charge in [0.25, 0.3) is 17.7 Å². The van der Waals surface area contributed by atoms with Crippen molar-refractivity contribution in [2.24, 2.45) is 0 Å². The third-order valence-electron chi connectivity index (χ3n) is 5.77. The van der Waals surface area contributed by atoms with Crippen molar-refractivity contribution in [3.8, 4) is 11.5 Å². The van der Waals surface area contributed by atoms with E-state index in [1.54, 1.807) is 55.5 Å². The van der Waals surface area contributed by atoms with Crippen LogP contribution in [-0.2, 0) is 14.4 Å². The Hall–Kier alpha value is -4.63. The summed E-state index contributed by atoms with van der Waals surface area (Å²) < 4.78 is 11.0. The number of rotatable bonds is 7. The highest BCUT2D eigenvalue weighted by Crippen LogP contribution is 2.31. The van der Waals surface area contributed by atoms with Crippen LogP contribution < -0.4 is 25.0 Å². The molecule has 1 aliphatic heterocycles. The maximum absolute atomic E-state index is 13.2. The largest absolute Gasteiger partial charge is 0.493 e. The van der Waals surface area contributed by atoms with Gasteiger partial charge >= 0.3 is 6.03 Å². The van der Waals surface area contributed by atoms with Gasteiger partial charge in [0.05, 0.1) is 12.8 Å². The highest BCUT2D eigenvalue weighted by molar-refractivity contribution is 6.40. The number of hydrogen-bond donors (Lipinski definition) is 2. The van der Waals surface area contributed by atoms with Crippen LogP contribution in [0.3, 0.4) is 0 Å². The summed E-state index contributed by atoms with van der Waals surface area (Å²) in [6.07, 6.45) is 1.34. The van der Waals surface area contributed by atoms with Gasteiger partial charge in [-0.25, -0.2) is 9.69 Å². The van der Waals surface area contributed by atoms with E-state index in [-0.39, 0.29) is 29.5 Å². The van der Waals surface area contributed by atoms with E-state index in [4.69, 9.17) is 21.1 Å². The molecule has 38 heavy (non-hydrogen) atoms. The molecule has 2 N–H and O–H groups in total. The second-order valence-corrected chi connectivity index (χ2v) is 8.86. The summed E-state index contributed by atoms with van der Waals surface area (Å²) in [6, 6.07) is 16.0. The highest BCUT2D eigenvalue weighted by atomic mass is 35.5. The molecule has 0 spiro atoms. The molecule has 5 amide bonds. The molecule has 1 heterocycles. The smallest absolute Gasteiger partial charge is 0.335 e. The molecule has 0 atom stereocenters. The number of aryl methyl sites for hydroxylation is 1. The van der Waals surface area contributed by atoms with Gasteiger partial charge in [-0.2, -0.15) is 0 Å². The Balaban J connectivity index is 1.53. The number of nitrogens with one attached hydrogen (secondary N) is 2. The lowest BCUT2D eigenvalue weighted by atomic mass is 10.1. The van der Waals surface area contributed by atoms with Crippen LogP contribution in [0, 0.1) is 13.8 Å².